The van der Waals surface area contributed by atoms with Crippen molar-refractivity contribution in [2.24, 2.45) is 0 Å². The molecule has 0 atom stereocenters. The van der Waals surface area contributed by atoms with Gasteiger partial charge in [0.25, 0.3) is 5.56 Å². The highest BCUT2D eigenvalue weighted by Gasteiger charge is 2.08. The Kier molecular flexibility index (Phi) is 4.82. The number of rotatable bonds is 5. The largest absolute Gasteiger partial charge is 0.468 e. The van der Waals surface area contributed by atoms with Crippen molar-refractivity contribution in [3.63, 3.8) is 0 Å². The lowest BCUT2D eigenvalue weighted by Gasteiger charge is -2.12. The quantitative estimate of drug-likeness (QED) is 0.795. The molecule has 2 rings (SSSR count). The number of ether oxygens (including phenoxy) is 2. The predicted octanol–water partition coefficient (Wildman–Crippen LogP) is 3.17. The Bertz CT molecular complexity index is 635. The summed E-state index contributed by atoms with van der Waals surface area (Å²) in [5, 5.41) is 0.232. The molecule has 0 aliphatic heterocycles. The van der Waals surface area contributed by atoms with Crippen LogP contribution in [0.4, 0.5) is 0 Å². The summed E-state index contributed by atoms with van der Waals surface area (Å²) in [4.78, 5) is 12.0. The minimum absolute atomic E-state index is 0.175. The molecule has 1 heterocycles. The Labute approximate surface area is 122 Å². The van der Waals surface area contributed by atoms with Crippen molar-refractivity contribution in [2.45, 2.75) is 13.5 Å². The smallest absolute Gasteiger partial charge is 0.269 e. The van der Waals surface area contributed by atoms with E-state index in [9.17, 15) is 4.79 Å². The van der Waals surface area contributed by atoms with Crippen LogP contribution in [0.3, 0.4) is 0 Å². The van der Waals surface area contributed by atoms with Crippen LogP contribution in [0.15, 0.2) is 41.2 Å². The number of aromatic nitrogens is 1. The minimum atomic E-state index is -0.175. The summed E-state index contributed by atoms with van der Waals surface area (Å²) in [7, 11) is 1.57. The fraction of sp³-hybridized carbons (Fsp3) is 0.267. The maximum atomic E-state index is 12.0. The number of hydrogen-bond acceptors (Lipinski definition) is 3. The third-order valence-electron chi connectivity index (χ3n) is 2.94. The monoisotopic (exact) mass is 293 g/mol. The summed E-state index contributed by atoms with van der Waals surface area (Å²) in [6, 6.07) is 11.0. The van der Waals surface area contributed by atoms with Crippen molar-refractivity contribution in [1.29, 1.82) is 0 Å². The Balaban J connectivity index is 2.37. The highest BCUT2D eigenvalue weighted by molar-refractivity contribution is 6.30. The molecule has 0 unspecified atom stereocenters. The van der Waals surface area contributed by atoms with Crippen molar-refractivity contribution in [3.05, 3.63) is 51.8 Å². The summed E-state index contributed by atoms with van der Waals surface area (Å²) < 4.78 is 11.8. The Morgan fingerprint density at radius 2 is 1.85 bits per heavy atom. The topological polar surface area (TPSA) is 40.5 Å². The van der Waals surface area contributed by atoms with Gasteiger partial charge in [-0.3, -0.25) is 4.79 Å². The Morgan fingerprint density at radius 1 is 1.15 bits per heavy atom. The highest BCUT2D eigenvalue weighted by Crippen LogP contribution is 2.22. The van der Waals surface area contributed by atoms with E-state index in [1.807, 2.05) is 37.3 Å². The first kappa shape index (κ1) is 14.6. The maximum absolute atomic E-state index is 12.0. The van der Waals surface area contributed by atoms with Gasteiger partial charge in [0.15, 0.2) is 6.79 Å². The number of hydrogen-bond donors (Lipinski definition) is 0. The maximum Gasteiger partial charge on any atom is 0.269 e. The Morgan fingerprint density at radius 3 is 2.45 bits per heavy atom. The van der Waals surface area contributed by atoms with Crippen LogP contribution in [0.5, 0.6) is 5.75 Å². The van der Waals surface area contributed by atoms with Crippen LogP contribution in [0.25, 0.3) is 11.3 Å². The number of benzene rings is 1. The number of methoxy groups -OCH3 is 1. The number of pyridine rings is 1. The molecule has 0 N–H and O–H groups in total. The lowest BCUT2D eigenvalue weighted by molar-refractivity contribution is 0.0511. The molecule has 0 fully saturated rings. The molecule has 0 radical (unpaired) electrons. The molecule has 0 saturated carbocycles. The first-order valence-electron chi connectivity index (χ1n) is 6.29. The molecule has 0 amide bonds. The first-order chi connectivity index (χ1) is 9.67. The molecule has 0 saturated heterocycles. The first-order valence-corrected chi connectivity index (χ1v) is 6.66. The van der Waals surface area contributed by atoms with E-state index in [2.05, 4.69) is 0 Å². The molecule has 0 aliphatic rings. The van der Waals surface area contributed by atoms with Gasteiger partial charge in [0.1, 0.15) is 10.8 Å². The fourth-order valence-corrected chi connectivity index (χ4v) is 2.13. The van der Waals surface area contributed by atoms with E-state index in [4.69, 9.17) is 21.1 Å². The molecule has 0 spiro atoms. The normalized spacial score (nSPS) is 10.6. The van der Waals surface area contributed by atoms with Gasteiger partial charge in [-0.1, -0.05) is 11.6 Å². The van der Waals surface area contributed by atoms with E-state index >= 15 is 0 Å². The fourth-order valence-electron chi connectivity index (χ4n) is 1.97. The molecule has 20 heavy (non-hydrogen) atoms. The number of nitrogens with zero attached hydrogens (tertiary/aromatic N) is 1. The van der Waals surface area contributed by atoms with Gasteiger partial charge in [-0.15, -0.1) is 0 Å². The second-order valence-corrected chi connectivity index (χ2v) is 4.60. The van der Waals surface area contributed by atoms with Crippen molar-refractivity contribution in [2.75, 3.05) is 13.9 Å². The van der Waals surface area contributed by atoms with Crippen LogP contribution in [-0.2, 0) is 11.3 Å². The average molecular weight is 294 g/mol. The predicted molar refractivity (Wildman–Crippen MR) is 79.3 cm³/mol. The third-order valence-corrected chi connectivity index (χ3v) is 3.23. The zero-order valence-corrected chi connectivity index (χ0v) is 12.2. The van der Waals surface area contributed by atoms with E-state index < -0.39 is 0 Å². The molecular formula is C15H16ClNO3. The van der Waals surface area contributed by atoms with Crippen LogP contribution < -0.4 is 10.3 Å². The lowest BCUT2D eigenvalue weighted by atomic mass is 10.1. The zero-order valence-electron chi connectivity index (χ0n) is 11.4. The molecule has 106 valence electrons. The van der Waals surface area contributed by atoms with E-state index in [0.717, 1.165) is 17.0 Å². The summed E-state index contributed by atoms with van der Waals surface area (Å²) in [6.07, 6.45) is 0. The molecule has 4 nitrogen and oxygen atoms in total. The van der Waals surface area contributed by atoms with Crippen molar-refractivity contribution in [3.8, 4) is 17.0 Å². The van der Waals surface area contributed by atoms with Gasteiger partial charge in [0.05, 0.1) is 5.69 Å². The van der Waals surface area contributed by atoms with Gasteiger partial charge in [0.2, 0.25) is 0 Å². The summed E-state index contributed by atoms with van der Waals surface area (Å²) in [5.74, 6) is 0.718. The van der Waals surface area contributed by atoms with Gasteiger partial charge in [-0.2, -0.15) is 0 Å². The van der Waals surface area contributed by atoms with E-state index in [0.29, 0.717) is 6.54 Å². The van der Waals surface area contributed by atoms with Crippen molar-refractivity contribution in [1.82, 2.24) is 4.57 Å². The number of halogens is 1. The van der Waals surface area contributed by atoms with Crippen LogP contribution in [0.2, 0.25) is 5.02 Å². The van der Waals surface area contributed by atoms with Crippen LogP contribution in [-0.4, -0.2) is 18.5 Å². The molecule has 2 aromatic rings. The van der Waals surface area contributed by atoms with Gasteiger partial charge in [0, 0.05) is 13.7 Å². The van der Waals surface area contributed by atoms with Gasteiger partial charge in [-0.25, -0.2) is 0 Å². The van der Waals surface area contributed by atoms with Gasteiger partial charge >= 0.3 is 0 Å². The Hall–Kier alpha value is -1.78. The second kappa shape index (κ2) is 6.59. The van der Waals surface area contributed by atoms with E-state index in [1.54, 1.807) is 17.7 Å². The van der Waals surface area contributed by atoms with Crippen LogP contribution >= 0.6 is 11.6 Å². The minimum Gasteiger partial charge on any atom is -0.468 e. The molecule has 1 aromatic heterocycles. The summed E-state index contributed by atoms with van der Waals surface area (Å²) in [5.41, 5.74) is 1.59. The summed E-state index contributed by atoms with van der Waals surface area (Å²) >= 11 is 5.87. The van der Waals surface area contributed by atoms with Crippen LogP contribution in [0.1, 0.15) is 6.92 Å². The average Bonchev–Trinajstić information content (AvgIpc) is 2.48. The van der Waals surface area contributed by atoms with Crippen LogP contribution in [0, 0.1) is 0 Å². The molecule has 0 bridgehead atoms. The van der Waals surface area contributed by atoms with Crippen molar-refractivity contribution < 1.29 is 9.47 Å². The molecule has 1 aromatic carbocycles. The lowest BCUT2D eigenvalue weighted by Crippen LogP contribution is -2.20. The molecular weight excluding hydrogens is 278 g/mol. The molecule has 5 heteroatoms. The third kappa shape index (κ3) is 3.03. The second-order valence-electron chi connectivity index (χ2n) is 4.19. The standard InChI is InChI=1S/C15H16ClNO3/c1-3-17-14(9-8-13(16)15(17)18)11-4-6-12(7-5-11)20-10-19-2/h4-9H,3,10H2,1-2H3. The van der Waals surface area contributed by atoms with E-state index in [1.165, 1.54) is 0 Å². The molecule has 0 aliphatic carbocycles. The van der Waals surface area contributed by atoms with Gasteiger partial charge in [-0.05, 0) is 48.9 Å². The summed E-state index contributed by atoms with van der Waals surface area (Å²) in [6.45, 7) is 2.69. The van der Waals surface area contributed by atoms with E-state index in [-0.39, 0.29) is 17.4 Å². The SMILES string of the molecule is CCn1c(-c2ccc(OCOC)cc2)ccc(Cl)c1=O. The van der Waals surface area contributed by atoms with Crippen molar-refractivity contribution >= 4 is 11.6 Å². The van der Waals surface area contributed by atoms with Gasteiger partial charge < -0.3 is 14.0 Å². The zero-order chi connectivity index (χ0) is 14.5. The highest BCUT2D eigenvalue weighted by atomic mass is 35.5.